The second kappa shape index (κ2) is 8.22. The fraction of sp³-hybridized carbons (Fsp3) is 0.208. The Hall–Kier alpha value is -4.07. The number of imidazole rings is 1. The summed E-state index contributed by atoms with van der Waals surface area (Å²) in [6.07, 6.45) is 6.10. The van der Waals surface area contributed by atoms with E-state index in [0.29, 0.717) is 0 Å². The maximum Gasteiger partial charge on any atom is 0.219 e. The molecule has 0 bridgehead atoms. The average Bonchev–Trinajstić information content (AvgIpc) is 3.13. The van der Waals surface area contributed by atoms with Crippen molar-refractivity contribution in [3.8, 4) is 22.5 Å². The van der Waals surface area contributed by atoms with Crippen molar-refractivity contribution in [2.45, 2.75) is 33.2 Å². The van der Waals surface area contributed by atoms with E-state index in [0.717, 1.165) is 44.8 Å². The Morgan fingerprint density at radius 1 is 1.00 bits per heavy atom. The van der Waals surface area contributed by atoms with Gasteiger partial charge in [0, 0.05) is 29.1 Å². The Labute approximate surface area is 186 Å². The number of aliphatic imine (C=N–C) groups is 2. The predicted octanol–water partition coefficient (Wildman–Crippen LogP) is 4.45. The molecule has 4 rings (SSSR count). The third kappa shape index (κ3) is 4.07. The van der Waals surface area contributed by atoms with Crippen LogP contribution in [0.15, 0.2) is 58.8 Å². The zero-order valence-electron chi connectivity index (χ0n) is 18.6. The molecule has 8 nitrogen and oxygen atoms in total. The van der Waals surface area contributed by atoms with Crippen LogP contribution in [0.5, 0.6) is 0 Å². The van der Waals surface area contributed by atoms with Gasteiger partial charge in [-0.05, 0) is 63.1 Å². The highest BCUT2D eigenvalue weighted by molar-refractivity contribution is 5.88. The second-order valence-electron chi connectivity index (χ2n) is 8.54. The second-order valence-corrected chi connectivity index (χ2v) is 8.54. The van der Waals surface area contributed by atoms with E-state index in [1.807, 2.05) is 25.1 Å². The lowest BCUT2D eigenvalue weighted by molar-refractivity contribution is 0.413. The number of nitrogen functional groups attached to an aromatic ring is 1. The van der Waals surface area contributed by atoms with Crippen molar-refractivity contribution in [1.82, 2.24) is 19.5 Å². The van der Waals surface area contributed by atoms with Crippen LogP contribution in [0.3, 0.4) is 0 Å². The van der Waals surface area contributed by atoms with Gasteiger partial charge >= 0.3 is 0 Å². The number of benzene rings is 2. The summed E-state index contributed by atoms with van der Waals surface area (Å²) in [7, 11) is 0. The fourth-order valence-electron chi connectivity index (χ4n) is 3.68. The molecular formula is C24H26N8. The van der Waals surface area contributed by atoms with Gasteiger partial charge < -0.3 is 16.0 Å². The molecule has 4 aromatic rings. The fourth-order valence-corrected chi connectivity index (χ4v) is 3.68. The van der Waals surface area contributed by atoms with Crippen molar-refractivity contribution in [3.63, 3.8) is 0 Å². The molecule has 2 aromatic heterocycles. The van der Waals surface area contributed by atoms with E-state index in [1.165, 1.54) is 12.7 Å². The Bertz CT molecular complexity index is 1320. The van der Waals surface area contributed by atoms with Crippen LogP contribution < -0.4 is 11.5 Å². The third-order valence-corrected chi connectivity index (χ3v) is 5.07. The Morgan fingerprint density at radius 2 is 1.75 bits per heavy atom. The van der Waals surface area contributed by atoms with E-state index in [1.54, 1.807) is 12.4 Å². The largest absolute Gasteiger partial charge is 0.390 e. The minimum Gasteiger partial charge on any atom is -0.390 e. The van der Waals surface area contributed by atoms with Crippen molar-refractivity contribution in [2.24, 2.45) is 15.7 Å². The van der Waals surface area contributed by atoms with Gasteiger partial charge in [-0.1, -0.05) is 12.1 Å². The van der Waals surface area contributed by atoms with Gasteiger partial charge in [-0.25, -0.2) is 24.9 Å². The van der Waals surface area contributed by atoms with Gasteiger partial charge in [0.05, 0.1) is 23.1 Å². The van der Waals surface area contributed by atoms with Crippen molar-refractivity contribution in [3.05, 3.63) is 54.4 Å². The monoisotopic (exact) mass is 426 g/mol. The van der Waals surface area contributed by atoms with Crippen LogP contribution in [0.1, 0.15) is 26.3 Å². The summed E-state index contributed by atoms with van der Waals surface area (Å²) in [5.74, 6) is 1.09. The Kier molecular flexibility index (Phi) is 5.44. The van der Waals surface area contributed by atoms with E-state index in [-0.39, 0.29) is 11.5 Å². The average molecular weight is 427 g/mol. The zero-order valence-corrected chi connectivity index (χ0v) is 18.6. The van der Waals surface area contributed by atoms with E-state index in [2.05, 4.69) is 63.5 Å². The highest BCUT2D eigenvalue weighted by Gasteiger charge is 2.24. The highest BCUT2D eigenvalue weighted by atomic mass is 15.1. The van der Waals surface area contributed by atoms with Crippen LogP contribution in [-0.4, -0.2) is 32.2 Å². The first-order chi connectivity index (χ1) is 15.3. The van der Waals surface area contributed by atoms with Crippen LogP contribution >= 0.6 is 0 Å². The van der Waals surface area contributed by atoms with E-state index >= 15 is 0 Å². The Balaban J connectivity index is 1.94. The number of fused-ring (bicyclic) bond motifs is 1. The number of nitrogens with two attached hydrogens (primary N) is 2. The maximum atomic E-state index is 5.63. The molecule has 0 aliphatic heterocycles. The molecule has 32 heavy (non-hydrogen) atoms. The van der Waals surface area contributed by atoms with Gasteiger partial charge in [-0.15, -0.1) is 0 Å². The molecule has 2 heterocycles. The lowest BCUT2D eigenvalue weighted by atomic mass is 10.0. The molecule has 8 heteroatoms. The quantitative estimate of drug-likeness (QED) is 0.369. The van der Waals surface area contributed by atoms with Crippen molar-refractivity contribution in [1.29, 1.82) is 0 Å². The summed E-state index contributed by atoms with van der Waals surface area (Å²) < 4.78 is 2.24. The molecule has 0 radical (unpaired) electrons. The lowest BCUT2D eigenvalue weighted by Crippen LogP contribution is -2.22. The van der Waals surface area contributed by atoms with Crippen LogP contribution in [0.25, 0.3) is 33.5 Å². The highest BCUT2D eigenvalue weighted by Crippen LogP contribution is 2.37. The van der Waals surface area contributed by atoms with Gasteiger partial charge in [0.15, 0.2) is 0 Å². The van der Waals surface area contributed by atoms with Crippen molar-refractivity contribution < 1.29 is 0 Å². The molecule has 0 amide bonds. The molecule has 4 N–H and O–H groups in total. The molecule has 162 valence electrons. The molecule has 0 saturated heterocycles. The van der Waals surface area contributed by atoms with Gasteiger partial charge in [-0.2, -0.15) is 0 Å². The molecule has 0 saturated carbocycles. The Morgan fingerprint density at radius 3 is 2.44 bits per heavy atom. The van der Waals surface area contributed by atoms with Crippen LogP contribution in [-0.2, 0) is 5.54 Å². The number of aromatic nitrogens is 4. The van der Waals surface area contributed by atoms with Crippen molar-refractivity contribution >= 4 is 35.3 Å². The summed E-state index contributed by atoms with van der Waals surface area (Å²) in [6, 6.07) is 12.3. The summed E-state index contributed by atoms with van der Waals surface area (Å²) in [6.45, 7) is 8.52. The first-order valence-electron chi connectivity index (χ1n) is 10.3. The minimum absolute atomic E-state index is 0.211. The number of nitrogens with zero attached hydrogens (tertiary/aromatic N) is 6. The topological polar surface area (TPSA) is 120 Å². The molecular weight excluding hydrogens is 400 g/mol. The molecule has 0 unspecified atom stereocenters. The minimum atomic E-state index is -0.211. The molecule has 0 spiro atoms. The lowest BCUT2D eigenvalue weighted by Gasteiger charge is -2.25. The molecule has 0 atom stereocenters. The molecule has 0 fully saturated rings. The van der Waals surface area contributed by atoms with Crippen LogP contribution in [0.4, 0.5) is 11.6 Å². The maximum absolute atomic E-state index is 5.63. The summed E-state index contributed by atoms with van der Waals surface area (Å²) in [5.41, 5.74) is 17.3. The standard InChI is InChI=1S/C24H26N8/c1-15-5-7-18(19(9-15)30-14-27-13-25)22-31-20-10-16(17-11-28-23(26)29-12-17)6-8-21(20)32(22)24(2,3)4/h5-14H,1-4H3,(H2,25,27,30)(H2,26,28,29). The smallest absolute Gasteiger partial charge is 0.219 e. The number of aryl methyl sites for hydroxylation is 1. The predicted molar refractivity (Wildman–Crippen MR) is 131 cm³/mol. The van der Waals surface area contributed by atoms with Gasteiger partial charge in [-0.3, -0.25) is 0 Å². The van der Waals surface area contributed by atoms with E-state index < -0.39 is 0 Å². The molecule has 0 aliphatic carbocycles. The summed E-state index contributed by atoms with van der Waals surface area (Å²) in [4.78, 5) is 21.7. The van der Waals surface area contributed by atoms with Crippen LogP contribution in [0.2, 0.25) is 0 Å². The van der Waals surface area contributed by atoms with E-state index in [9.17, 15) is 0 Å². The molecule has 2 aromatic carbocycles. The summed E-state index contributed by atoms with van der Waals surface area (Å²) >= 11 is 0. The first kappa shape index (κ1) is 21.2. The number of rotatable bonds is 4. The third-order valence-electron chi connectivity index (χ3n) is 5.07. The normalized spacial score (nSPS) is 12.4. The first-order valence-corrected chi connectivity index (χ1v) is 10.3. The SMILES string of the molecule is Cc1ccc(-c2nc3cc(-c4cnc(N)nc4)ccc3n2C(C)(C)C)c(N=CN=CN)c1. The number of hydrogen-bond acceptors (Lipinski definition) is 5. The zero-order chi connectivity index (χ0) is 22.9. The van der Waals surface area contributed by atoms with E-state index in [4.69, 9.17) is 16.5 Å². The van der Waals surface area contributed by atoms with Crippen molar-refractivity contribution in [2.75, 3.05) is 5.73 Å². The number of anilines is 1. The van der Waals surface area contributed by atoms with Gasteiger partial charge in [0.25, 0.3) is 0 Å². The number of hydrogen-bond donors (Lipinski definition) is 2. The van der Waals surface area contributed by atoms with Gasteiger partial charge in [0.2, 0.25) is 5.95 Å². The van der Waals surface area contributed by atoms with Crippen LogP contribution in [0, 0.1) is 6.92 Å². The summed E-state index contributed by atoms with van der Waals surface area (Å²) in [5, 5.41) is 0. The molecule has 0 aliphatic rings. The van der Waals surface area contributed by atoms with Gasteiger partial charge in [0.1, 0.15) is 12.2 Å².